The minimum Gasteiger partial charge on any atom is -0.462 e. The number of carbonyl (C=O) groups excluding carboxylic acids is 4. The Morgan fingerprint density at radius 3 is 0.654 bits per heavy atom. The summed E-state index contributed by atoms with van der Waals surface area (Å²) in [4.78, 5) is 73.2. The van der Waals surface area contributed by atoms with Gasteiger partial charge in [0.2, 0.25) is 0 Å². The Bertz CT molecular complexity index is 1980. The standard InChI is InChI=1S/C85H166O17P2/c1-6-9-12-15-18-21-24-26-28-30-31-32-33-34-36-40-46-51-56-61-66-71-85(90)102-81(75-96-83(88)69-64-59-54-49-44-41-37-38-43-47-52-57-62-67-78(4)5)77-100-104(93,94)98-73-79(86)72-97-103(91,92)99-76-80(74-95-82(87)68-63-58-53-48-42-23-20-17-14-11-8-3)101-84(89)70-65-60-55-50-45-39-35-29-27-25-22-19-16-13-10-7-2/h78-81,86H,6-77H2,1-5H3,(H,91,92)(H,93,94)/t79-,80+,81+/m0/s1. The second-order valence-corrected chi connectivity index (χ2v) is 34.0. The summed E-state index contributed by atoms with van der Waals surface area (Å²) in [5.74, 6) is -1.31. The summed E-state index contributed by atoms with van der Waals surface area (Å²) < 4.78 is 68.9. The molecule has 0 rings (SSSR count). The van der Waals surface area contributed by atoms with Gasteiger partial charge in [-0.1, -0.05) is 407 Å². The average Bonchev–Trinajstić information content (AvgIpc) is 0.995. The summed E-state index contributed by atoms with van der Waals surface area (Å²) in [6.07, 6.45) is 70.7. The van der Waals surface area contributed by atoms with Crippen LogP contribution in [-0.4, -0.2) is 96.7 Å². The molecule has 0 aliphatic carbocycles. The van der Waals surface area contributed by atoms with Crippen LogP contribution in [0, 0.1) is 5.92 Å². The van der Waals surface area contributed by atoms with Crippen LogP contribution in [0.1, 0.15) is 458 Å². The molecule has 0 aromatic rings. The first kappa shape index (κ1) is 102. The van der Waals surface area contributed by atoms with Gasteiger partial charge in [0.15, 0.2) is 12.2 Å². The zero-order valence-electron chi connectivity index (χ0n) is 68.2. The maximum absolute atomic E-state index is 13.1. The molecular weight excluding hydrogens is 1350 g/mol. The van der Waals surface area contributed by atoms with E-state index in [0.717, 1.165) is 95.8 Å². The first-order valence-corrected chi connectivity index (χ1v) is 47.1. The molecule has 0 aromatic heterocycles. The largest absolute Gasteiger partial charge is 0.472 e. The number of ether oxygens (including phenoxy) is 4. The number of rotatable bonds is 85. The Morgan fingerprint density at radius 1 is 0.260 bits per heavy atom. The summed E-state index contributed by atoms with van der Waals surface area (Å²) in [6, 6.07) is 0. The van der Waals surface area contributed by atoms with E-state index in [1.807, 2.05) is 0 Å². The first-order chi connectivity index (χ1) is 50.5. The number of aliphatic hydroxyl groups is 1. The molecule has 0 saturated carbocycles. The highest BCUT2D eigenvalue weighted by atomic mass is 31.2. The van der Waals surface area contributed by atoms with E-state index in [0.29, 0.717) is 25.7 Å². The van der Waals surface area contributed by atoms with E-state index in [4.69, 9.17) is 37.0 Å². The van der Waals surface area contributed by atoms with E-state index in [1.54, 1.807) is 0 Å². The van der Waals surface area contributed by atoms with Gasteiger partial charge >= 0.3 is 39.5 Å². The fourth-order valence-electron chi connectivity index (χ4n) is 13.3. The van der Waals surface area contributed by atoms with Crippen LogP contribution in [0.25, 0.3) is 0 Å². The Morgan fingerprint density at radius 2 is 0.442 bits per heavy atom. The van der Waals surface area contributed by atoms with E-state index < -0.39 is 97.5 Å². The lowest BCUT2D eigenvalue weighted by atomic mass is 10.0. The van der Waals surface area contributed by atoms with Crippen molar-refractivity contribution in [1.29, 1.82) is 0 Å². The zero-order chi connectivity index (χ0) is 76.2. The van der Waals surface area contributed by atoms with Crippen molar-refractivity contribution >= 4 is 39.5 Å². The predicted octanol–water partition coefficient (Wildman–Crippen LogP) is 26.0. The third-order valence-electron chi connectivity index (χ3n) is 20.0. The molecule has 19 heteroatoms. The van der Waals surface area contributed by atoms with Crippen molar-refractivity contribution in [2.24, 2.45) is 5.92 Å². The smallest absolute Gasteiger partial charge is 0.462 e. The van der Waals surface area contributed by atoms with Crippen LogP contribution < -0.4 is 0 Å². The minimum absolute atomic E-state index is 0.109. The van der Waals surface area contributed by atoms with Gasteiger partial charge in [-0.3, -0.25) is 37.3 Å². The second kappa shape index (κ2) is 77.8. The molecule has 0 aliphatic rings. The summed E-state index contributed by atoms with van der Waals surface area (Å²) in [7, 11) is -9.92. The van der Waals surface area contributed by atoms with E-state index in [9.17, 15) is 43.2 Å². The molecule has 2 unspecified atom stereocenters. The van der Waals surface area contributed by atoms with E-state index in [1.165, 1.54) is 283 Å². The quantitative estimate of drug-likeness (QED) is 0.0222. The molecule has 0 aromatic carbocycles. The molecule has 3 N–H and O–H groups in total. The summed E-state index contributed by atoms with van der Waals surface area (Å²) in [5, 5.41) is 10.7. The summed E-state index contributed by atoms with van der Waals surface area (Å²) in [5.41, 5.74) is 0. The maximum Gasteiger partial charge on any atom is 0.472 e. The lowest BCUT2D eigenvalue weighted by molar-refractivity contribution is -0.161. The lowest BCUT2D eigenvalue weighted by Gasteiger charge is -2.21. The first-order valence-electron chi connectivity index (χ1n) is 44.1. The van der Waals surface area contributed by atoms with Gasteiger partial charge in [0.25, 0.3) is 0 Å². The molecule has 0 saturated heterocycles. The summed E-state index contributed by atoms with van der Waals surface area (Å²) >= 11 is 0. The van der Waals surface area contributed by atoms with Crippen molar-refractivity contribution < 1.29 is 80.2 Å². The van der Waals surface area contributed by atoms with Crippen LogP contribution in [-0.2, 0) is 65.4 Å². The predicted molar refractivity (Wildman–Crippen MR) is 428 cm³/mol. The lowest BCUT2D eigenvalue weighted by Crippen LogP contribution is -2.30. The highest BCUT2D eigenvalue weighted by Crippen LogP contribution is 2.45. The molecule has 0 radical (unpaired) electrons. The van der Waals surface area contributed by atoms with Crippen LogP contribution in [0.15, 0.2) is 0 Å². The highest BCUT2D eigenvalue weighted by molar-refractivity contribution is 7.47. The molecule has 17 nitrogen and oxygen atoms in total. The molecular formula is C85H166O17P2. The number of phosphoric ester groups is 2. The van der Waals surface area contributed by atoms with Gasteiger partial charge in [-0.25, -0.2) is 9.13 Å². The van der Waals surface area contributed by atoms with Crippen molar-refractivity contribution in [2.75, 3.05) is 39.6 Å². The molecule has 0 aliphatic heterocycles. The average molecular weight is 1520 g/mol. The number of hydrogen-bond donors (Lipinski definition) is 3. The number of unbranched alkanes of at least 4 members (excludes halogenated alkanes) is 57. The van der Waals surface area contributed by atoms with Gasteiger partial charge in [-0.15, -0.1) is 0 Å². The van der Waals surface area contributed by atoms with Crippen LogP contribution in [0.2, 0.25) is 0 Å². The second-order valence-electron chi connectivity index (χ2n) is 31.1. The van der Waals surface area contributed by atoms with Crippen molar-refractivity contribution in [3.05, 3.63) is 0 Å². The molecule has 0 spiro atoms. The van der Waals surface area contributed by atoms with Crippen LogP contribution in [0.4, 0.5) is 0 Å². The van der Waals surface area contributed by atoms with Gasteiger partial charge < -0.3 is 33.8 Å². The van der Waals surface area contributed by atoms with Gasteiger partial charge in [0, 0.05) is 25.7 Å². The fraction of sp³-hybridized carbons (Fsp3) is 0.953. The highest BCUT2D eigenvalue weighted by Gasteiger charge is 2.30. The zero-order valence-corrected chi connectivity index (χ0v) is 70.0. The van der Waals surface area contributed by atoms with Gasteiger partial charge in [0.1, 0.15) is 19.3 Å². The minimum atomic E-state index is -4.96. The fourth-order valence-corrected chi connectivity index (χ4v) is 14.9. The van der Waals surface area contributed by atoms with E-state index >= 15 is 0 Å². The third kappa shape index (κ3) is 78.2. The Kier molecular flexibility index (Phi) is 76.3. The molecule has 5 atom stereocenters. The topological polar surface area (TPSA) is 237 Å². The van der Waals surface area contributed by atoms with E-state index in [2.05, 4.69) is 34.6 Å². The number of esters is 4. The monoisotopic (exact) mass is 1520 g/mol. The van der Waals surface area contributed by atoms with Crippen molar-refractivity contribution in [3.63, 3.8) is 0 Å². The Balaban J connectivity index is 5.23. The molecule has 0 amide bonds. The van der Waals surface area contributed by atoms with Crippen LogP contribution >= 0.6 is 15.6 Å². The SMILES string of the molecule is CCCCCCCCCCCCCCCCCCCCCCCC(=O)O[C@H](COC(=O)CCCCCCCCCCCCCCCC(C)C)COP(=O)(O)OC[C@@H](O)COP(=O)(O)OC[C@@H](COC(=O)CCCCCCCCCCCCC)OC(=O)CCCCCCCCCCCCCCCCCC. The van der Waals surface area contributed by atoms with Crippen LogP contribution in [0.3, 0.4) is 0 Å². The molecule has 0 bridgehead atoms. The van der Waals surface area contributed by atoms with Crippen molar-refractivity contribution in [3.8, 4) is 0 Å². The Hall–Kier alpha value is -1.94. The normalized spacial score (nSPS) is 13.8. The van der Waals surface area contributed by atoms with Gasteiger partial charge in [0.05, 0.1) is 26.4 Å². The number of carbonyl (C=O) groups is 4. The Labute approximate surface area is 638 Å². The number of hydrogen-bond acceptors (Lipinski definition) is 15. The van der Waals surface area contributed by atoms with Crippen LogP contribution in [0.5, 0.6) is 0 Å². The van der Waals surface area contributed by atoms with Crippen molar-refractivity contribution in [1.82, 2.24) is 0 Å². The van der Waals surface area contributed by atoms with E-state index in [-0.39, 0.29) is 25.7 Å². The molecule has 0 heterocycles. The molecule has 618 valence electrons. The van der Waals surface area contributed by atoms with Crippen molar-refractivity contribution in [2.45, 2.75) is 477 Å². The number of aliphatic hydroxyl groups excluding tert-OH is 1. The maximum atomic E-state index is 13.1. The number of phosphoric acid groups is 2. The molecule has 0 fully saturated rings. The molecule has 104 heavy (non-hydrogen) atoms. The summed E-state index contributed by atoms with van der Waals surface area (Å²) in [6.45, 7) is 7.38. The third-order valence-corrected chi connectivity index (χ3v) is 21.9. The van der Waals surface area contributed by atoms with Gasteiger partial charge in [-0.2, -0.15) is 0 Å². The van der Waals surface area contributed by atoms with Gasteiger partial charge in [-0.05, 0) is 31.6 Å².